The summed E-state index contributed by atoms with van der Waals surface area (Å²) in [5.41, 5.74) is 10.6. The Bertz CT molecular complexity index is 575. The average Bonchev–Trinajstić information content (AvgIpc) is 2.26. The van der Waals surface area contributed by atoms with Gasteiger partial charge in [0.1, 0.15) is 5.82 Å². The number of aryl methyl sites for hydroxylation is 2. The molecular formula is C16H17ClFN. The van der Waals surface area contributed by atoms with E-state index in [-0.39, 0.29) is 11.9 Å². The van der Waals surface area contributed by atoms with E-state index in [2.05, 4.69) is 32.0 Å². The van der Waals surface area contributed by atoms with Crippen molar-refractivity contribution in [2.75, 3.05) is 0 Å². The minimum Gasteiger partial charge on any atom is -0.324 e. The largest absolute Gasteiger partial charge is 0.324 e. The third kappa shape index (κ3) is 3.55. The van der Waals surface area contributed by atoms with Crippen LogP contribution in [0.15, 0.2) is 36.4 Å². The van der Waals surface area contributed by atoms with Crippen molar-refractivity contribution in [3.05, 3.63) is 69.5 Å². The number of rotatable bonds is 3. The third-order valence-electron chi connectivity index (χ3n) is 3.10. The Morgan fingerprint density at radius 3 is 2.32 bits per heavy atom. The number of nitrogens with two attached hydrogens (primary N) is 1. The Hall–Kier alpha value is -1.38. The number of benzene rings is 2. The van der Waals surface area contributed by atoms with Crippen LogP contribution in [0.25, 0.3) is 0 Å². The summed E-state index contributed by atoms with van der Waals surface area (Å²) in [6.07, 6.45) is 0.688. The highest BCUT2D eigenvalue weighted by molar-refractivity contribution is 6.31. The molecule has 19 heavy (non-hydrogen) atoms. The predicted octanol–water partition coefficient (Wildman–Crippen LogP) is 4.34. The molecule has 0 aromatic heterocycles. The second-order valence-corrected chi connectivity index (χ2v) is 5.38. The van der Waals surface area contributed by atoms with Gasteiger partial charge in [-0.2, -0.15) is 0 Å². The summed E-state index contributed by atoms with van der Waals surface area (Å²) in [6.45, 7) is 4.12. The molecule has 0 radical (unpaired) electrons. The fourth-order valence-electron chi connectivity index (χ4n) is 2.35. The molecule has 0 heterocycles. The van der Waals surface area contributed by atoms with E-state index >= 15 is 0 Å². The normalized spacial score (nSPS) is 12.5. The van der Waals surface area contributed by atoms with Crippen LogP contribution in [0.3, 0.4) is 0 Å². The molecule has 0 amide bonds. The first-order valence-electron chi connectivity index (χ1n) is 6.23. The minimum absolute atomic E-state index is 0.228. The Balaban J connectivity index is 2.22. The van der Waals surface area contributed by atoms with E-state index in [4.69, 9.17) is 17.3 Å². The van der Waals surface area contributed by atoms with E-state index < -0.39 is 0 Å². The molecule has 0 aliphatic carbocycles. The Morgan fingerprint density at radius 2 is 1.74 bits per heavy atom. The van der Waals surface area contributed by atoms with Crippen LogP contribution >= 0.6 is 11.6 Å². The highest BCUT2D eigenvalue weighted by Gasteiger charge is 2.12. The maximum atomic E-state index is 13.0. The van der Waals surface area contributed by atoms with E-state index in [0.29, 0.717) is 11.4 Å². The topological polar surface area (TPSA) is 26.0 Å². The lowest BCUT2D eigenvalue weighted by Gasteiger charge is -2.15. The number of hydrogen-bond donors (Lipinski definition) is 1. The van der Waals surface area contributed by atoms with Gasteiger partial charge in [0.05, 0.1) is 0 Å². The predicted molar refractivity (Wildman–Crippen MR) is 78.0 cm³/mol. The van der Waals surface area contributed by atoms with Crippen molar-refractivity contribution in [3.63, 3.8) is 0 Å². The lowest BCUT2D eigenvalue weighted by molar-refractivity contribution is 0.624. The third-order valence-corrected chi connectivity index (χ3v) is 3.43. The standard InChI is InChI=1S/C16H17ClFN/c1-10-5-11(2)7-12(6-10)8-16(19)14-4-3-13(18)9-15(14)17/h3-7,9,16H,8,19H2,1-2H3. The van der Waals surface area contributed by atoms with Crippen LogP contribution in [0.4, 0.5) is 4.39 Å². The molecule has 0 saturated carbocycles. The van der Waals surface area contributed by atoms with Gasteiger partial charge in [0.25, 0.3) is 0 Å². The van der Waals surface area contributed by atoms with Gasteiger partial charge in [0.15, 0.2) is 0 Å². The van der Waals surface area contributed by atoms with Crippen molar-refractivity contribution in [3.8, 4) is 0 Å². The second-order valence-electron chi connectivity index (χ2n) is 4.97. The molecule has 1 unspecified atom stereocenters. The van der Waals surface area contributed by atoms with Crippen LogP contribution in [0.1, 0.15) is 28.3 Å². The maximum Gasteiger partial charge on any atom is 0.124 e. The van der Waals surface area contributed by atoms with Crippen LogP contribution in [0.5, 0.6) is 0 Å². The molecule has 0 fully saturated rings. The molecule has 0 aliphatic rings. The molecule has 0 aliphatic heterocycles. The summed E-state index contributed by atoms with van der Waals surface area (Å²) in [6, 6.07) is 10.5. The average molecular weight is 278 g/mol. The van der Waals surface area contributed by atoms with Gasteiger partial charge in [0.2, 0.25) is 0 Å². The summed E-state index contributed by atoms with van der Waals surface area (Å²) in [4.78, 5) is 0. The highest BCUT2D eigenvalue weighted by Crippen LogP contribution is 2.25. The zero-order valence-corrected chi connectivity index (χ0v) is 11.8. The van der Waals surface area contributed by atoms with E-state index in [1.54, 1.807) is 6.07 Å². The molecule has 2 rings (SSSR count). The van der Waals surface area contributed by atoms with E-state index in [0.717, 1.165) is 5.56 Å². The van der Waals surface area contributed by atoms with Gasteiger partial charge in [-0.25, -0.2) is 4.39 Å². The van der Waals surface area contributed by atoms with E-state index in [1.165, 1.54) is 28.8 Å². The fraction of sp³-hybridized carbons (Fsp3) is 0.250. The molecule has 2 aromatic carbocycles. The van der Waals surface area contributed by atoms with Gasteiger partial charge in [-0.1, -0.05) is 47.0 Å². The van der Waals surface area contributed by atoms with Crippen molar-refractivity contribution >= 4 is 11.6 Å². The molecule has 0 saturated heterocycles. The van der Waals surface area contributed by atoms with Crippen molar-refractivity contribution in [1.29, 1.82) is 0 Å². The monoisotopic (exact) mass is 277 g/mol. The van der Waals surface area contributed by atoms with Crippen molar-refractivity contribution < 1.29 is 4.39 Å². The minimum atomic E-state index is -0.340. The first kappa shape index (κ1) is 14.0. The van der Waals surface area contributed by atoms with Crippen molar-refractivity contribution in [1.82, 2.24) is 0 Å². The van der Waals surface area contributed by atoms with Crippen LogP contribution in [0.2, 0.25) is 5.02 Å². The Morgan fingerprint density at radius 1 is 1.11 bits per heavy atom. The number of halogens is 2. The molecule has 2 aromatic rings. The van der Waals surface area contributed by atoms with Crippen LogP contribution < -0.4 is 5.73 Å². The quantitative estimate of drug-likeness (QED) is 0.887. The lowest BCUT2D eigenvalue weighted by Crippen LogP contribution is -2.14. The Kier molecular flexibility index (Phi) is 4.23. The summed E-state index contributed by atoms with van der Waals surface area (Å²) in [5, 5.41) is 0.386. The maximum absolute atomic E-state index is 13.0. The highest BCUT2D eigenvalue weighted by atomic mass is 35.5. The van der Waals surface area contributed by atoms with Crippen molar-refractivity contribution in [2.45, 2.75) is 26.3 Å². The summed E-state index contributed by atoms with van der Waals surface area (Å²) in [7, 11) is 0. The molecule has 3 heteroatoms. The van der Waals surface area contributed by atoms with Crippen molar-refractivity contribution in [2.24, 2.45) is 5.73 Å². The van der Waals surface area contributed by atoms with Gasteiger partial charge < -0.3 is 5.73 Å². The van der Waals surface area contributed by atoms with Gasteiger partial charge in [-0.3, -0.25) is 0 Å². The Labute approximate surface area is 118 Å². The summed E-state index contributed by atoms with van der Waals surface area (Å²) in [5.74, 6) is -0.340. The lowest BCUT2D eigenvalue weighted by atomic mass is 9.97. The second kappa shape index (κ2) is 5.72. The first-order valence-corrected chi connectivity index (χ1v) is 6.61. The molecule has 1 nitrogen and oxygen atoms in total. The molecule has 0 spiro atoms. The van der Waals surface area contributed by atoms with Crippen LogP contribution in [-0.2, 0) is 6.42 Å². The number of hydrogen-bond acceptors (Lipinski definition) is 1. The molecule has 0 bridgehead atoms. The van der Waals surface area contributed by atoms with Gasteiger partial charge >= 0.3 is 0 Å². The fourth-order valence-corrected chi connectivity index (χ4v) is 2.66. The molecule has 100 valence electrons. The SMILES string of the molecule is Cc1cc(C)cc(CC(N)c2ccc(F)cc2Cl)c1. The van der Waals surface area contributed by atoms with Gasteiger partial charge in [-0.15, -0.1) is 0 Å². The van der Waals surface area contributed by atoms with Crippen LogP contribution in [0, 0.1) is 19.7 Å². The molecule has 1 atom stereocenters. The first-order chi connectivity index (χ1) is 8.95. The van der Waals surface area contributed by atoms with Gasteiger partial charge in [0, 0.05) is 11.1 Å². The summed E-state index contributed by atoms with van der Waals surface area (Å²) < 4.78 is 13.0. The van der Waals surface area contributed by atoms with E-state index in [1.807, 2.05) is 0 Å². The molecule has 2 N–H and O–H groups in total. The smallest absolute Gasteiger partial charge is 0.124 e. The molecular weight excluding hydrogens is 261 g/mol. The summed E-state index contributed by atoms with van der Waals surface area (Å²) >= 11 is 6.03. The van der Waals surface area contributed by atoms with E-state index in [9.17, 15) is 4.39 Å². The van der Waals surface area contributed by atoms with Crippen LogP contribution in [-0.4, -0.2) is 0 Å². The zero-order valence-electron chi connectivity index (χ0n) is 11.1. The zero-order chi connectivity index (χ0) is 14.0. The van der Waals surface area contributed by atoms with Gasteiger partial charge in [-0.05, 0) is 43.5 Å².